The molecular weight excluding hydrogens is 268 g/mol. The van der Waals surface area contributed by atoms with Crippen molar-refractivity contribution in [2.45, 2.75) is 39.8 Å². The van der Waals surface area contributed by atoms with Crippen LogP contribution in [0.15, 0.2) is 42.5 Å². The average molecular weight is 292 g/mol. The predicted molar refractivity (Wildman–Crippen MR) is 81.9 cm³/mol. The summed E-state index contributed by atoms with van der Waals surface area (Å²) in [5, 5.41) is 0. The number of hydrogen-bond donors (Lipinski definition) is 0. The number of carbonyl (C=O) groups excluding carboxylic acids is 1. The zero-order chi connectivity index (χ0) is 15.5. The van der Waals surface area contributed by atoms with E-state index in [0.717, 1.165) is 5.56 Å². The van der Waals surface area contributed by atoms with E-state index in [9.17, 15) is 4.79 Å². The maximum atomic E-state index is 11.9. The van der Waals surface area contributed by atoms with Gasteiger partial charge in [-0.3, -0.25) is 4.79 Å². The van der Waals surface area contributed by atoms with Crippen LogP contribution in [0, 0.1) is 0 Å². The second kappa shape index (κ2) is 10.3. The summed E-state index contributed by atoms with van der Waals surface area (Å²) in [6, 6.07) is 9.91. The Bertz CT molecular complexity index is 422. The Labute approximate surface area is 126 Å². The standard InChI is InChI=1S/C17H24O4/c1-4-19-17(20-5-2)16(18)12-11-14(3)21-13-15-9-7-6-8-10-15/h6-12,14,17H,4-5,13H2,1-3H3/b12-11+/t14-/m0/s1. The first kappa shape index (κ1) is 17.6. The molecule has 0 amide bonds. The molecule has 0 aliphatic carbocycles. The normalized spacial score (nSPS) is 13.0. The fraction of sp³-hybridized carbons (Fsp3) is 0.471. The van der Waals surface area contributed by atoms with Crippen LogP contribution in [-0.4, -0.2) is 31.4 Å². The van der Waals surface area contributed by atoms with E-state index < -0.39 is 6.29 Å². The Balaban J connectivity index is 2.41. The third kappa shape index (κ3) is 7.18. The maximum Gasteiger partial charge on any atom is 0.221 e. The van der Waals surface area contributed by atoms with Crippen LogP contribution in [0.5, 0.6) is 0 Å². The molecule has 0 unspecified atom stereocenters. The highest BCUT2D eigenvalue weighted by atomic mass is 16.7. The first-order valence-electron chi connectivity index (χ1n) is 7.28. The summed E-state index contributed by atoms with van der Waals surface area (Å²) in [6.45, 7) is 6.93. The third-order valence-electron chi connectivity index (χ3n) is 2.76. The van der Waals surface area contributed by atoms with Crippen molar-refractivity contribution in [2.75, 3.05) is 13.2 Å². The molecule has 0 bridgehead atoms. The highest BCUT2D eigenvalue weighted by Gasteiger charge is 2.15. The average Bonchev–Trinajstić information content (AvgIpc) is 2.51. The van der Waals surface area contributed by atoms with Gasteiger partial charge in [0.1, 0.15) is 0 Å². The molecule has 1 rings (SSSR count). The van der Waals surface area contributed by atoms with Crippen LogP contribution in [0.4, 0.5) is 0 Å². The number of benzene rings is 1. The summed E-state index contributed by atoms with van der Waals surface area (Å²) in [6.07, 6.45) is 2.21. The van der Waals surface area contributed by atoms with Crippen molar-refractivity contribution < 1.29 is 19.0 Å². The van der Waals surface area contributed by atoms with Crippen molar-refractivity contribution in [2.24, 2.45) is 0 Å². The fourth-order valence-electron chi connectivity index (χ4n) is 1.68. The van der Waals surface area contributed by atoms with Crippen molar-refractivity contribution >= 4 is 5.78 Å². The van der Waals surface area contributed by atoms with Gasteiger partial charge in [-0.05, 0) is 32.4 Å². The molecule has 4 heteroatoms. The monoisotopic (exact) mass is 292 g/mol. The highest BCUT2D eigenvalue weighted by molar-refractivity contribution is 5.92. The van der Waals surface area contributed by atoms with Crippen molar-refractivity contribution in [3.63, 3.8) is 0 Å². The smallest absolute Gasteiger partial charge is 0.221 e. The summed E-state index contributed by atoms with van der Waals surface area (Å²) < 4.78 is 16.1. The Hall–Kier alpha value is -1.49. The van der Waals surface area contributed by atoms with Crippen LogP contribution in [0.25, 0.3) is 0 Å². The third-order valence-corrected chi connectivity index (χ3v) is 2.76. The van der Waals surface area contributed by atoms with Gasteiger partial charge in [0.2, 0.25) is 12.1 Å². The fourth-order valence-corrected chi connectivity index (χ4v) is 1.68. The molecule has 0 aliphatic rings. The minimum atomic E-state index is -0.822. The lowest BCUT2D eigenvalue weighted by molar-refractivity contribution is -0.162. The number of ether oxygens (including phenoxy) is 3. The molecule has 1 aromatic rings. The molecule has 0 fully saturated rings. The molecule has 0 saturated carbocycles. The van der Waals surface area contributed by atoms with E-state index in [1.54, 1.807) is 6.08 Å². The van der Waals surface area contributed by atoms with Gasteiger partial charge in [-0.15, -0.1) is 0 Å². The summed E-state index contributed by atoms with van der Waals surface area (Å²) >= 11 is 0. The van der Waals surface area contributed by atoms with E-state index in [0.29, 0.717) is 19.8 Å². The van der Waals surface area contributed by atoms with Crippen LogP contribution in [0.1, 0.15) is 26.3 Å². The SMILES string of the molecule is CCOC(OCC)C(=O)/C=C/[C@H](C)OCc1ccccc1. The van der Waals surface area contributed by atoms with E-state index in [4.69, 9.17) is 14.2 Å². The lowest BCUT2D eigenvalue weighted by atomic mass is 10.2. The second-order valence-electron chi connectivity index (χ2n) is 4.51. The Morgan fingerprint density at radius 3 is 2.29 bits per heavy atom. The van der Waals surface area contributed by atoms with Gasteiger partial charge in [0.15, 0.2) is 0 Å². The molecule has 0 heterocycles. The predicted octanol–water partition coefficient (Wildman–Crippen LogP) is 3.12. The van der Waals surface area contributed by atoms with Crippen molar-refractivity contribution in [3.05, 3.63) is 48.0 Å². The molecule has 0 radical (unpaired) electrons. The van der Waals surface area contributed by atoms with Crippen LogP contribution >= 0.6 is 0 Å². The van der Waals surface area contributed by atoms with Gasteiger partial charge in [-0.25, -0.2) is 0 Å². The van der Waals surface area contributed by atoms with Gasteiger partial charge in [-0.1, -0.05) is 36.4 Å². The molecule has 1 atom stereocenters. The lowest BCUT2D eigenvalue weighted by Gasteiger charge is -2.14. The Morgan fingerprint density at radius 1 is 1.10 bits per heavy atom. The zero-order valence-electron chi connectivity index (χ0n) is 13.0. The molecule has 0 saturated heterocycles. The van der Waals surface area contributed by atoms with Crippen molar-refractivity contribution in [3.8, 4) is 0 Å². The molecule has 4 nitrogen and oxygen atoms in total. The summed E-state index contributed by atoms with van der Waals surface area (Å²) in [7, 11) is 0. The van der Waals surface area contributed by atoms with Gasteiger partial charge in [0, 0.05) is 13.2 Å². The quantitative estimate of drug-likeness (QED) is 0.491. The highest BCUT2D eigenvalue weighted by Crippen LogP contribution is 2.05. The van der Waals surface area contributed by atoms with E-state index in [1.807, 2.05) is 51.1 Å². The minimum Gasteiger partial charge on any atom is -0.370 e. The molecule has 1 aromatic carbocycles. The molecule has 116 valence electrons. The summed E-state index contributed by atoms with van der Waals surface area (Å²) in [5.41, 5.74) is 1.10. The topological polar surface area (TPSA) is 44.8 Å². The maximum absolute atomic E-state index is 11.9. The first-order valence-corrected chi connectivity index (χ1v) is 7.28. The summed E-state index contributed by atoms with van der Waals surface area (Å²) in [4.78, 5) is 11.9. The number of hydrogen-bond acceptors (Lipinski definition) is 4. The van der Waals surface area contributed by atoms with Crippen LogP contribution < -0.4 is 0 Å². The van der Waals surface area contributed by atoms with Gasteiger partial charge in [-0.2, -0.15) is 0 Å². The van der Waals surface area contributed by atoms with Crippen molar-refractivity contribution in [1.82, 2.24) is 0 Å². The van der Waals surface area contributed by atoms with Crippen LogP contribution in [0.2, 0.25) is 0 Å². The van der Waals surface area contributed by atoms with Crippen LogP contribution in [0.3, 0.4) is 0 Å². The lowest BCUT2D eigenvalue weighted by Crippen LogP contribution is -2.26. The van der Waals surface area contributed by atoms with Gasteiger partial charge >= 0.3 is 0 Å². The number of rotatable bonds is 10. The minimum absolute atomic E-state index is 0.155. The summed E-state index contributed by atoms with van der Waals surface area (Å²) in [5.74, 6) is -0.200. The molecular formula is C17H24O4. The van der Waals surface area contributed by atoms with E-state index in [-0.39, 0.29) is 11.9 Å². The zero-order valence-corrected chi connectivity index (χ0v) is 13.0. The molecule has 0 aliphatic heterocycles. The van der Waals surface area contributed by atoms with Gasteiger partial charge in [0.05, 0.1) is 12.7 Å². The van der Waals surface area contributed by atoms with Gasteiger partial charge in [0.25, 0.3) is 0 Å². The number of carbonyl (C=O) groups is 1. The van der Waals surface area contributed by atoms with E-state index >= 15 is 0 Å². The first-order chi connectivity index (χ1) is 10.2. The molecule has 0 aromatic heterocycles. The molecule has 0 N–H and O–H groups in total. The van der Waals surface area contributed by atoms with E-state index in [2.05, 4.69) is 0 Å². The second-order valence-corrected chi connectivity index (χ2v) is 4.51. The largest absolute Gasteiger partial charge is 0.370 e. The molecule has 0 spiro atoms. The van der Waals surface area contributed by atoms with E-state index in [1.165, 1.54) is 6.08 Å². The Morgan fingerprint density at radius 2 is 1.71 bits per heavy atom. The Kier molecular flexibility index (Phi) is 8.59. The van der Waals surface area contributed by atoms with Crippen molar-refractivity contribution in [1.29, 1.82) is 0 Å². The molecule has 21 heavy (non-hydrogen) atoms. The number of ketones is 1. The van der Waals surface area contributed by atoms with Gasteiger partial charge < -0.3 is 14.2 Å². The van der Waals surface area contributed by atoms with Crippen LogP contribution in [-0.2, 0) is 25.6 Å².